The lowest BCUT2D eigenvalue weighted by molar-refractivity contribution is 0.0342. The van der Waals surface area contributed by atoms with Crippen LogP contribution in [0.15, 0.2) is 36.7 Å². The van der Waals surface area contributed by atoms with Crippen molar-refractivity contribution in [3.63, 3.8) is 0 Å². The van der Waals surface area contributed by atoms with Gasteiger partial charge in [0.25, 0.3) is 5.91 Å². The second-order valence-electron chi connectivity index (χ2n) is 7.60. The summed E-state index contributed by atoms with van der Waals surface area (Å²) in [7, 11) is 0. The molecule has 0 saturated carbocycles. The van der Waals surface area contributed by atoms with E-state index in [4.69, 9.17) is 4.74 Å². The number of nitrogens with zero attached hydrogens (tertiary/aromatic N) is 4. The number of hydrogen-bond donors (Lipinski definition) is 3. The summed E-state index contributed by atoms with van der Waals surface area (Å²) >= 11 is 0. The average Bonchev–Trinajstić information content (AvgIpc) is 3.36. The molecule has 4 aromatic rings. The highest BCUT2D eigenvalue weighted by Crippen LogP contribution is 2.28. The molecule has 0 aliphatic carbocycles. The predicted octanol–water partition coefficient (Wildman–Crippen LogP) is 1.95. The topological polar surface area (TPSA) is 112 Å². The van der Waals surface area contributed by atoms with Crippen LogP contribution < -0.4 is 5.32 Å². The molecule has 3 N–H and O–H groups in total. The third-order valence-corrected chi connectivity index (χ3v) is 5.35. The molecule has 0 spiro atoms. The minimum Gasteiger partial charge on any atom is -0.379 e. The van der Waals surface area contributed by atoms with Crippen LogP contribution in [0.1, 0.15) is 17.5 Å². The lowest BCUT2D eigenvalue weighted by Crippen LogP contribution is -2.46. The monoisotopic (exact) mass is 405 g/mol. The number of morpholine rings is 1. The van der Waals surface area contributed by atoms with Crippen LogP contribution in [-0.4, -0.2) is 74.8 Å². The summed E-state index contributed by atoms with van der Waals surface area (Å²) < 4.78 is 5.37. The van der Waals surface area contributed by atoms with E-state index in [-0.39, 0.29) is 11.9 Å². The number of H-pyrrole nitrogens is 2. The molecule has 1 aliphatic heterocycles. The van der Waals surface area contributed by atoms with E-state index >= 15 is 0 Å². The number of aromatic nitrogens is 5. The van der Waals surface area contributed by atoms with Gasteiger partial charge in [-0.3, -0.25) is 19.8 Å². The van der Waals surface area contributed by atoms with Crippen molar-refractivity contribution < 1.29 is 9.53 Å². The Labute approximate surface area is 172 Å². The second-order valence-corrected chi connectivity index (χ2v) is 7.60. The molecule has 1 atom stereocenters. The molecule has 4 heterocycles. The van der Waals surface area contributed by atoms with E-state index in [0.29, 0.717) is 5.82 Å². The van der Waals surface area contributed by atoms with E-state index in [9.17, 15) is 4.79 Å². The summed E-state index contributed by atoms with van der Waals surface area (Å²) in [4.78, 5) is 26.7. The molecule has 1 fully saturated rings. The molecule has 154 valence electrons. The summed E-state index contributed by atoms with van der Waals surface area (Å²) in [6, 6.07) is 7.73. The molecule has 1 aromatic carbocycles. The SMILES string of the molecule is CC(CN1CCOCC1)NC(=O)c1nc2cc3c(-c4ccncc4)n[nH]c3cc2[nH]1. The Balaban J connectivity index is 1.37. The highest BCUT2D eigenvalue weighted by molar-refractivity contribution is 6.02. The Morgan fingerprint density at radius 1 is 1.23 bits per heavy atom. The number of imidazole rings is 1. The lowest BCUT2D eigenvalue weighted by Gasteiger charge is -2.29. The van der Waals surface area contributed by atoms with E-state index in [0.717, 1.165) is 66.0 Å². The van der Waals surface area contributed by atoms with Crippen molar-refractivity contribution in [1.29, 1.82) is 0 Å². The van der Waals surface area contributed by atoms with Crippen LogP contribution in [-0.2, 0) is 4.74 Å². The first-order valence-electron chi connectivity index (χ1n) is 10.1. The van der Waals surface area contributed by atoms with Crippen LogP contribution in [0.5, 0.6) is 0 Å². The third kappa shape index (κ3) is 3.64. The van der Waals surface area contributed by atoms with Crippen LogP contribution in [0.2, 0.25) is 0 Å². The number of amides is 1. The number of aromatic amines is 2. The number of ether oxygens (including phenoxy) is 1. The molecule has 5 rings (SSSR count). The zero-order chi connectivity index (χ0) is 20.5. The quantitative estimate of drug-likeness (QED) is 0.468. The molecule has 1 saturated heterocycles. The van der Waals surface area contributed by atoms with Gasteiger partial charge >= 0.3 is 0 Å². The largest absolute Gasteiger partial charge is 0.379 e. The van der Waals surface area contributed by atoms with Gasteiger partial charge in [-0.25, -0.2) is 4.98 Å². The first-order valence-corrected chi connectivity index (χ1v) is 10.1. The summed E-state index contributed by atoms with van der Waals surface area (Å²) in [5.41, 5.74) is 4.21. The van der Waals surface area contributed by atoms with Gasteiger partial charge in [0.1, 0.15) is 5.69 Å². The number of carbonyl (C=O) groups is 1. The Hall–Kier alpha value is -3.30. The maximum absolute atomic E-state index is 12.7. The van der Waals surface area contributed by atoms with Crippen molar-refractivity contribution in [3.05, 3.63) is 42.5 Å². The van der Waals surface area contributed by atoms with E-state index in [1.54, 1.807) is 12.4 Å². The number of hydrogen-bond acceptors (Lipinski definition) is 6. The van der Waals surface area contributed by atoms with Gasteiger partial charge in [0, 0.05) is 49.0 Å². The summed E-state index contributed by atoms with van der Waals surface area (Å²) in [5.74, 6) is 0.105. The Kier molecular flexibility index (Phi) is 4.89. The molecule has 30 heavy (non-hydrogen) atoms. The highest BCUT2D eigenvalue weighted by Gasteiger charge is 2.19. The number of carbonyl (C=O) groups excluding carboxylic acids is 1. The van der Waals surface area contributed by atoms with Gasteiger partial charge in [-0.1, -0.05) is 0 Å². The van der Waals surface area contributed by atoms with Crippen molar-refractivity contribution in [1.82, 2.24) is 35.4 Å². The van der Waals surface area contributed by atoms with Crippen molar-refractivity contribution >= 4 is 27.8 Å². The summed E-state index contributed by atoms with van der Waals surface area (Å²) in [5, 5.41) is 11.5. The molecule has 9 nitrogen and oxygen atoms in total. The number of pyridine rings is 1. The van der Waals surface area contributed by atoms with E-state index in [1.165, 1.54) is 0 Å². The molecular formula is C21H23N7O2. The first kappa shape index (κ1) is 18.7. The van der Waals surface area contributed by atoms with Gasteiger partial charge in [-0.15, -0.1) is 0 Å². The third-order valence-electron chi connectivity index (χ3n) is 5.35. The molecule has 9 heteroatoms. The van der Waals surface area contributed by atoms with Crippen LogP contribution in [0.3, 0.4) is 0 Å². The fourth-order valence-corrected chi connectivity index (χ4v) is 3.87. The smallest absolute Gasteiger partial charge is 0.287 e. The van der Waals surface area contributed by atoms with Gasteiger partial charge in [-0.05, 0) is 31.2 Å². The highest BCUT2D eigenvalue weighted by atomic mass is 16.5. The Morgan fingerprint density at radius 2 is 2.03 bits per heavy atom. The Bertz CT molecular complexity index is 1180. The van der Waals surface area contributed by atoms with E-state index in [2.05, 4.69) is 35.4 Å². The van der Waals surface area contributed by atoms with Crippen molar-refractivity contribution in [2.45, 2.75) is 13.0 Å². The van der Waals surface area contributed by atoms with Crippen molar-refractivity contribution in [2.75, 3.05) is 32.8 Å². The van der Waals surface area contributed by atoms with E-state index in [1.807, 2.05) is 31.2 Å². The van der Waals surface area contributed by atoms with Gasteiger partial charge in [-0.2, -0.15) is 5.10 Å². The van der Waals surface area contributed by atoms with Crippen LogP contribution in [0, 0.1) is 0 Å². The average molecular weight is 405 g/mol. The molecule has 3 aromatic heterocycles. The van der Waals surface area contributed by atoms with Crippen LogP contribution in [0.4, 0.5) is 0 Å². The normalized spacial score (nSPS) is 16.2. The lowest BCUT2D eigenvalue weighted by atomic mass is 10.1. The van der Waals surface area contributed by atoms with E-state index < -0.39 is 0 Å². The molecule has 0 bridgehead atoms. The van der Waals surface area contributed by atoms with Gasteiger partial charge < -0.3 is 15.0 Å². The maximum atomic E-state index is 12.7. The zero-order valence-electron chi connectivity index (χ0n) is 16.7. The second kappa shape index (κ2) is 7.85. The van der Waals surface area contributed by atoms with Crippen molar-refractivity contribution in [2.24, 2.45) is 0 Å². The minimum atomic E-state index is -0.205. The van der Waals surface area contributed by atoms with Crippen LogP contribution in [0.25, 0.3) is 33.2 Å². The standard InChI is InChI=1S/C21H23N7O2/c1-13(12-28-6-8-30-9-7-28)23-21(29)20-24-17-10-15-16(11-18(17)25-20)26-27-19(15)14-2-4-22-5-3-14/h2-5,10-11,13H,6-9,12H2,1H3,(H,23,29)(H,24,25)(H,26,27). The molecule has 0 radical (unpaired) electrons. The summed E-state index contributed by atoms with van der Waals surface area (Å²) in [6.07, 6.45) is 3.48. The van der Waals surface area contributed by atoms with Gasteiger partial charge in [0.15, 0.2) is 5.82 Å². The fraction of sp³-hybridized carbons (Fsp3) is 0.333. The molecule has 1 unspecified atom stereocenters. The summed E-state index contributed by atoms with van der Waals surface area (Å²) in [6.45, 7) is 6.07. The van der Waals surface area contributed by atoms with Gasteiger partial charge in [0.2, 0.25) is 0 Å². The predicted molar refractivity (Wildman–Crippen MR) is 113 cm³/mol. The molecular weight excluding hydrogens is 382 g/mol. The Morgan fingerprint density at radius 3 is 2.83 bits per heavy atom. The van der Waals surface area contributed by atoms with Gasteiger partial charge in [0.05, 0.1) is 29.8 Å². The van der Waals surface area contributed by atoms with Crippen LogP contribution >= 0.6 is 0 Å². The molecule has 1 aliphatic rings. The van der Waals surface area contributed by atoms with Crippen molar-refractivity contribution in [3.8, 4) is 11.3 Å². The first-order chi connectivity index (χ1) is 14.7. The minimum absolute atomic E-state index is 0.0147. The molecule has 1 amide bonds. The number of benzene rings is 1. The maximum Gasteiger partial charge on any atom is 0.287 e. The number of nitrogens with one attached hydrogen (secondary N) is 3. The number of rotatable bonds is 5. The number of fused-ring (bicyclic) bond motifs is 2. The fourth-order valence-electron chi connectivity index (χ4n) is 3.87. The zero-order valence-corrected chi connectivity index (χ0v) is 16.7.